The Morgan fingerprint density at radius 3 is 2.70 bits per heavy atom. The van der Waals surface area contributed by atoms with Crippen molar-refractivity contribution in [2.24, 2.45) is 5.92 Å². The minimum atomic E-state index is -0.934. The highest BCUT2D eigenvalue weighted by atomic mass is 16.5. The van der Waals surface area contributed by atoms with Crippen LogP contribution in [0.15, 0.2) is 0 Å². The Bertz CT molecular complexity index is 387. The molecular formula is C12H21N3O5. The Hall–Kier alpha value is -1.99. The third-order valence-electron chi connectivity index (χ3n) is 3.26. The minimum absolute atomic E-state index is 0.128. The maximum absolute atomic E-state index is 12.1. The number of carbonyl (C=O) groups excluding carboxylic acids is 2. The predicted molar refractivity (Wildman–Crippen MR) is 70.3 cm³/mol. The van der Waals surface area contributed by atoms with Crippen molar-refractivity contribution in [1.29, 1.82) is 0 Å². The van der Waals surface area contributed by atoms with Gasteiger partial charge in [-0.3, -0.25) is 4.79 Å². The van der Waals surface area contributed by atoms with Crippen molar-refractivity contribution in [2.45, 2.75) is 19.4 Å². The van der Waals surface area contributed by atoms with Gasteiger partial charge in [-0.2, -0.15) is 0 Å². The van der Waals surface area contributed by atoms with Crippen LogP contribution in [0, 0.1) is 5.92 Å². The van der Waals surface area contributed by atoms with Gasteiger partial charge in [0.05, 0.1) is 19.1 Å². The number of carbonyl (C=O) groups is 3. The van der Waals surface area contributed by atoms with Crippen LogP contribution < -0.4 is 5.32 Å². The van der Waals surface area contributed by atoms with Crippen LogP contribution in [0.1, 0.15) is 13.3 Å². The SMILES string of the molecule is COC(=O)NC1CCN(C(=O)N(C)CC(C)C(=O)O)C1. The highest BCUT2D eigenvalue weighted by molar-refractivity contribution is 5.76. The van der Waals surface area contributed by atoms with Crippen molar-refractivity contribution in [1.82, 2.24) is 15.1 Å². The molecule has 3 amide bonds. The van der Waals surface area contributed by atoms with E-state index in [1.165, 1.54) is 12.0 Å². The number of amides is 3. The zero-order valence-corrected chi connectivity index (χ0v) is 12.0. The molecule has 0 aliphatic carbocycles. The molecule has 2 unspecified atom stereocenters. The Labute approximate surface area is 117 Å². The van der Waals surface area contributed by atoms with Gasteiger partial charge < -0.3 is 25.0 Å². The van der Waals surface area contributed by atoms with Crippen LogP contribution in [0.25, 0.3) is 0 Å². The van der Waals surface area contributed by atoms with E-state index in [1.807, 2.05) is 0 Å². The number of ether oxygens (including phenoxy) is 1. The Kier molecular flexibility index (Phi) is 5.60. The molecule has 0 aromatic rings. The predicted octanol–water partition coefficient (Wildman–Crippen LogP) is 0.189. The second-order valence-corrected chi connectivity index (χ2v) is 4.97. The Morgan fingerprint density at radius 2 is 2.15 bits per heavy atom. The molecule has 8 nitrogen and oxygen atoms in total. The number of likely N-dealkylation sites (tertiary alicyclic amines) is 1. The fourth-order valence-corrected chi connectivity index (χ4v) is 2.09. The molecule has 0 radical (unpaired) electrons. The molecule has 0 aromatic carbocycles. The number of alkyl carbamates (subject to hydrolysis) is 1. The number of carboxylic acid groups (broad SMARTS) is 1. The summed E-state index contributed by atoms with van der Waals surface area (Å²) >= 11 is 0. The van der Waals surface area contributed by atoms with Crippen molar-refractivity contribution in [2.75, 3.05) is 33.8 Å². The fourth-order valence-electron chi connectivity index (χ4n) is 2.09. The molecule has 0 spiro atoms. The third kappa shape index (κ3) is 4.29. The second kappa shape index (κ2) is 6.97. The Morgan fingerprint density at radius 1 is 1.50 bits per heavy atom. The average molecular weight is 287 g/mol. The molecule has 2 atom stereocenters. The lowest BCUT2D eigenvalue weighted by Crippen LogP contribution is -2.44. The molecular weight excluding hydrogens is 266 g/mol. The number of aliphatic carboxylic acids is 1. The number of hydrogen-bond donors (Lipinski definition) is 2. The largest absolute Gasteiger partial charge is 0.481 e. The van der Waals surface area contributed by atoms with E-state index >= 15 is 0 Å². The van der Waals surface area contributed by atoms with Crippen LogP contribution in [0.4, 0.5) is 9.59 Å². The molecule has 20 heavy (non-hydrogen) atoms. The van der Waals surface area contributed by atoms with Crippen molar-refractivity contribution in [3.8, 4) is 0 Å². The summed E-state index contributed by atoms with van der Waals surface area (Å²) in [6.07, 6.45) is 0.139. The lowest BCUT2D eigenvalue weighted by atomic mass is 10.2. The van der Waals surface area contributed by atoms with Gasteiger partial charge in [0.25, 0.3) is 0 Å². The number of nitrogens with zero attached hydrogens (tertiary/aromatic N) is 2. The minimum Gasteiger partial charge on any atom is -0.481 e. The summed E-state index contributed by atoms with van der Waals surface area (Å²) in [5.41, 5.74) is 0. The van der Waals surface area contributed by atoms with Crippen LogP contribution >= 0.6 is 0 Å². The molecule has 2 N–H and O–H groups in total. The first-order chi connectivity index (χ1) is 9.35. The van der Waals surface area contributed by atoms with Crippen LogP contribution in [-0.2, 0) is 9.53 Å². The van der Waals surface area contributed by atoms with E-state index in [9.17, 15) is 14.4 Å². The molecule has 1 aliphatic rings. The van der Waals surface area contributed by atoms with E-state index in [0.717, 1.165) is 0 Å². The molecule has 1 rings (SSSR count). The standard InChI is InChI=1S/C12H21N3O5/c1-8(10(16)17)6-14(2)12(19)15-5-4-9(7-15)13-11(18)20-3/h8-9H,4-7H2,1-3H3,(H,13,18)(H,16,17). The van der Waals surface area contributed by atoms with Crippen molar-refractivity contribution in [3.63, 3.8) is 0 Å². The number of urea groups is 1. The van der Waals surface area contributed by atoms with E-state index in [-0.39, 0.29) is 18.6 Å². The van der Waals surface area contributed by atoms with Gasteiger partial charge in [-0.25, -0.2) is 9.59 Å². The number of carboxylic acids is 1. The number of methoxy groups -OCH3 is 1. The van der Waals surface area contributed by atoms with E-state index in [4.69, 9.17) is 5.11 Å². The van der Waals surface area contributed by atoms with Gasteiger partial charge in [0.1, 0.15) is 0 Å². The summed E-state index contributed by atoms with van der Waals surface area (Å²) in [6, 6.07) is -0.357. The van der Waals surface area contributed by atoms with Crippen molar-refractivity contribution < 1.29 is 24.2 Å². The third-order valence-corrected chi connectivity index (χ3v) is 3.26. The summed E-state index contributed by atoms with van der Waals surface area (Å²) in [5, 5.41) is 11.5. The molecule has 1 fully saturated rings. The lowest BCUT2D eigenvalue weighted by Gasteiger charge is -2.25. The molecule has 8 heteroatoms. The van der Waals surface area contributed by atoms with Gasteiger partial charge in [0.15, 0.2) is 0 Å². The molecule has 1 heterocycles. The first kappa shape index (κ1) is 16.1. The molecule has 0 saturated carbocycles. The van der Waals surface area contributed by atoms with Crippen molar-refractivity contribution >= 4 is 18.1 Å². The molecule has 1 aliphatic heterocycles. The van der Waals surface area contributed by atoms with Gasteiger partial charge in [-0.1, -0.05) is 6.92 Å². The number of hydrogen-bond acceptors (Lipinski definition) is 4. The molecule has 0 bridgehead atoms. The van der Waals surface area contributed by atoms with Crippen LogP contribution in [-0.4, -0.2) is 72.8 Å². The van der Waals surface area contributed by atoms with Gasteiger partial charge in [0.2, 0.25) is 0 Å². The first-order valence-corrected chi connectivity index (χ1v) is 6.42. The lowest BCUT2D eigenvalue weighted by molar-refractivity contribution is -0.141. The quantitative estimate of drug-likeness (QED) is 0.769. The first-order valence-electron chi connectivity index (χ1n) is 6.42. The van der Waals surface area contributed by atoms with E-state index in [2.05, 4.69) is 10.1 Å². The highest BCUT2D eigenvalue weighted by Crippen LogP contribution is 2.12. The Balaban J connectivity index is 2.45. The van der Waals surface area contributed by atoms with Gasteiger partial charge in [-0.05, 0) is 6.42 Å². The maximum Gasteiger partial charge on any atom is 0.407 e. The molecule has 1 saturated heterocycles. The van der Waals surface area contributed by atoms with Crippen LogP contribution in [0.3, 0.4) is 0 Å². The average Bonchev–Trinajstić information content (AvgIpc) is 2.85. The van der Waals surface area contributed by atoms with Crippen LogP contribution in [0.2, 0.25) is 0 Å². The van der Waals surface area contributed by atoms with Gasteiger partial charge >= 0.3 is 18.1 Å². The number of rotatable bonds is 4. The second-order valence-electron chi connectivity index (χ2n) is 4.97. The smallest absolute Gasteiger partial charge is 0.407 e. The van der Waals surface area contributed by atoms with Gasteiger partial charge in [-0.15, -0.1) is 0 Å². The van der Waals surface area contributed by atoms with Crippen molar-refractivity contribution in [3.05, 3.63) is 0 Å². The zero-order chi connectivity index (χ0) is 15.3. The monoisotopic (exact) mass is 287 g/mol. The van der Waals surface area contributed by atoms with E-state index in [1.54, 1.807) is 18.9 Å². The van der Waals surface area contributed by atoms with E-state index < -0.39 is 18.0 Å². The summed E-state index contributed by atoms with van der Waals surface area (Å²) < 4.78 is 4.51. The number of nitrogens with one attached hydrogen (secondary N) is 1. The fraction of sp³-hybridized carbons (Fsp3) is 0.750. The summed E-state index contributed by atoms with van der Waals surface area (Å²) in [6.45, 7) is 2.64. The summed E-state index contributed by atoms with van der Waals surface area (Å²) in [4.78, 5) is 37.0. The summed E-state index contributed by atoms with van der Waals surface area (Å²) in [5.74, 6) is -1.55. The zero-order valence-electron chi connectivity index (χ0n) is 12.0. The maximum atomic E-state index is 12.1. The highest BCUT2D eigenvalue weighted by Gasteiger charge is 2.30. The normalized spacial score (nSPS) is 19.4. The van der Waals surface area contributed by atoms with Gasteiger partial charge in [0, 0.05) is 26.7 Å². The molecule has 0 aromatic heterocycles. The summed E-state index contributed by atoms with van der Waals surface area (Å²) in [7, 11) is 2.86. The van der Waals surface area contributed by atoms with Crippen LogP contribution in [0.5, 0.6) is 0 Å². The van der Waals surface area contributed by atoms with E-state index in [0.29, 0.717) is 19.5 Å². The molecule has 114 valence electrons. The topological polar surface area (TPSA) is 99.2 Å².